The minimum atomic E-state index is -0.109. The molecule has 2 aliphatic rings. The smallest absolute Gasteiger partial charge is 0.295 e. The fraction of sp³-hybridized carbons (Fsp3) is 0.684. The SMILES string of the molecule is CCN1CCC(CNc2nc3cnc(Cl)nc3n([C@@H](C)C3CC3)c2=O)CC1. The largest absolute Gasteiger partial charge is 0.365 e. The van der Waals surface area contributed by atoms with Gasteiger partial charge in [0.2, 0.25) is 5.28 Å². The number of piperidine rings is 1. The lowest BCUT2D eigenvalue weighted by atomic mass is 9.97. The molecular formula is C19H27ClN6O. The first-order valence-corrected chi connectivity index (χ1v) is 10.4. The number of fused-ring (bicyclic) bond motifs is 1. The van der Waals surface area contributed by atoms with Crippen molar-refractivity contribution in [2.45, 2.75) is 45.6 Å². The molecule has 2 aromatic rings. The molecule has 1 atom stereocenters. The Kier molecular flexibility index (Phi) is 5.32. The molecular weight excluding hydrogens is 364 g/mol. The summed E-state index contributed by atoms with van der Waals surface area (Å²) in [5, 5.41) is 3.47. The van der Waals surface area contributed by atoms with Gasteiger partial charge in [0.1, 0.15) is 5.52 Å². The number of likely N-dealkylation sites (tertiary alicyclic amines) is 1. The molecule has 2 aromatic heterocycles. The number of anilines is 1. The van der Waals surface area contributed by atoms with E-state index in [0.717, 1.165) is 51.9 Å². The molecule has 27 heavy (non-hydrogen) atoms. The van der Waals surface area contributed by atoms with E-state index >= 15 is 0 Å². The molecule has 7 nitrogen and oxygen atoms in total. The Labute approximate surface area is 164 Å². The van der Waals surface area contributed by atoms with Crippen LogP contribution in [0.1, 0.15) is 45.6 Å². The van der Waals surface area contributed by atoms with Crippen molar-refractivity contribution in [1.29, 1.82) is 0 Å². The first-order valence-electron chi connectivity index (χ1n) is 9.97. The van der Waals surface area contributed by atoms with Gasteiger partial charge in [0, 0.05) is 12.6 Å². The summed E-state index contributed by atoms with van der Waals surface area (Å²) < 4.78 is 1.76. The third-order valence-corrected chi connectivity index (χ3v) is 6.21. The second-order valence-corrected chi connectivity index (χ2v) is 8.16. The molecule has 4 rings (SSSR count). The second kappa shape index (κ2) is 7.72. The number of nitrogens with zero attached hydrogens (tertiary/aromatic N) is 5. The quantitative estimate of drug-likeness (QED) is 0.764. The van der Waals surface area contributed by atoms with Gasteiger partial charge < -0.3 is 10.2 Å². The molecule has 2 fully saturated rings. The average molecular weight is 391 g/mol. The van der Waals surface area contributed by atoms with Gasteiger partial charge in [-0.05, 0) is 75.7 Å². The third kappa shape index (κ3) is 3.94. The van der Waals surface area contributed by atoms with Crippen molar-refractivity contribution < 1.29 is 0 Å². The Morgan fingerprint density at radius 1 is 1.26 bits per heavy atom. The number of aromatic nitrogens is 4. The fourth-order valence-electron chi connectivity index (χ4n) is 4.01. The lowest BCUT2D eigenvalue weighted by Crippen LogP contribution is -2.36. The normalized spacial score (nSPS) is 20.1. The van der Waals surface area contributed by atoms with E-state index < -0.39 is 0 Å². The highest BCUT2D eigenvalue weighted by molar-refractivity contribution is 6.28. The summed E-state index contributed by atoms with van der Waals surface area (Å²) in [6.45, 7) is 8.43. The zero-order valence-electron chi connectivity index (χ0n) is 16.0. The molecule has 1 saturated heterocycles. The lowest BCUT2D eigenvalue weighted by Gasteiger charge is -2.31. The van der Waals surface area contributed by atoms with Crippen LogP contribution in [0.3, 0.4) is 0 Å². The molecule has 0 spiro atoms. The van der Waals surface area contributed by atoms with Gasteiger partial charge in [-0.2, -0.15) is 4.98 Å². The van der Waals surface area contributed by atoms with Gasteiger partial charge in [-0.1, -0.05) is 6.92 Å². The van der Waals surface area contributed by atoms with Crippen LogP contribution < -0.4 is 10.9 Å². The Hall–Kier alpha value is -1.73. The third-order valence-electron chi connectivity index (χ3n) is 6.03. The van der Waals surface area contributed by atoms with Crippen molar-refractivity contribution in [3.8, 4) is 0 Å². The summed E-state index contributed by atoms with van der Waals surface area (Å²) in [5.41, 5.74) is 1.03. The van der Waals surface area contributed by atoms with Crippen molar-refractivity contribution >= 4 is 28.6 Å². The number of nitrogens with one attached hydrogen (secondary N) is 1. The van der Waals surface area contributed by atoms with Crippen LogP contribution in [0.2, 0.25) is 5.28 Å². The molecule has 8 heteroatoms. The maximum absolute atomic E-state index is 13.2. The molecule has 146 valence electrons. The minimum absolute atomic E-state index is 0.0855. The Morgan fingerprint density at radius 2 is 2.00 bits per heavy atom. The predicted molar refractivity (Wildman–Crippen MR) is 107 cm³/mol. The van der Waals surface area contributed by atoms with E-state index in [9.17, 15) is 4.79 Å². The first kappa shape index (κ1) is 18.6. The average Bonchev–Trinajstić information content (AvgIpc) is 3.52. The highest BCUT2D eigenvalue weighted by atomic mass is 35.5. The van der Waals surface area contributed by atoms with Gasteiger partial charge in [-0.25, -0.2) is 9.97 Å². The summed E-state index contributed by atoms with van der Waals surface area (Å²) in [6, 6.07) is 0.0855. The van der Waals surface area contributed by atoms with Crippen LogP contribution in [0.5, 0.6) is 0 Å². The van der Waals surface area contributed by atoms with E-state index in [1.807, 2.05) is 0 Å². The Balaban J connectivity index is 1.60. The molecule has 1 saturated carbocycles. The lowest BCUT2D eigenvalue weighted by molar-refractivity contribution is 0.198. The van der Waals surface area contributed by atoms with E-state index in [1.54, 1.807) is 10.8 Å². The van der Waals surface area contributed by atoms with Gasteiger partial charge in [-0.15, -0.1) is 0 Å². The minimum Gasteiger partial charge on any atom is -0.365 e. The summed E-state index contributed by atoms with van der Waals surface area (Å²) in [6.07, 6.45) is 6.20. The maximum atomic E-state index is 13.2. The van der Waals surface area contributed by atoms with Crippen LogP contribution in [0, 0.1) is 11.8 Å². The summed E-state index contributed by atoms with van der Waals surface area (Å²) >= 11 is 5.98. The van der Waals surface area contributed by atoms with Crippen LogP contribution >= 0.6 is 11.6 Å². The molecule has 0 bridgehead atoms. The molecule has 1 aliphatic carbocycles. The molecule has 0 amide bonds. The highest BCUT2D eigenvalue weighted by Crippen LogP contribution is 2.39. The van der Waals surface area contributed by atoms with E-state index in [1.165, 1.54) is 0 Å². The van der Waals surface area contributed by atoms with Crippen molar-refractivity contribution in [3.63, 3.8) is 0 Å². The van der Waals surface area contributed by atoms with Crippen molar-refractivity contribution in [3.05, 3.63) is 21.8 Å². The van der Waals surface area contributed by atoms with E-state index in [0.29, 0.717) is 28.8 Å². The monoisotopic (exact) mass is 390 g/mol. The second-order valence-electron chi connectivity index (χ2n) is 7.82. The van der Waals surface area contributed by atoms with Crippen molar-refractivity contribution in [2.24, 2.45) is 11.8 Å². The van der Waals surface area contributed by atoms with E-state index in [4.69, 9.17) is 11.6 Å². The fourth-order valence-corrected chi connectivity index (χ4v) is 4.14. The Bertz CT molecular complexity index is 872. The van der Waals surface area contributed by atoms with Crippen LogP contribution in [0.25, 0.3) is 11.2 Å². The zero-order chi connectivity index (χ0) is 19.0. The molecule has 0 radical (unpaired) electrons. The van der Waals surface area contributed by atoms with E-state index in [-0.39, 0.29) is 16.9 Å². The van der Waals surface area contributed by atoms with Crippen molar-refractivity contribution in [2.75, 3.05) is 31.5 Å². The molecule has 3 heterocycles. The molecule has 0 aromatic carbocycles. The Morgan fingerprint density at radius 3 is 2.67 bits per heavy atom. The highest BCUT2D eigenvalue weighted by Gasteiger charge is 2.32. The van der Waals surface area contributed by atoms with E-state index in [2.05, 4.69) is 39.0 Å². The van der Waals surface area contributed by atoms with Gasteiger partial charge in [0.15, 0.2) is 11.5 Å². The molecule has 1 aliphatic heterocycles. The standard InChI is InChI=1S/C19H27ClN6O/c1-3-25-8-6-13(7-9-25)10-21-16-18(27)26(12(2)14-4-5-14)17-15(23-16)11-22-19(20)24-17/h11-14H,3-10H2,1-2H3,(H,21,23)/t12-/m0/s1. The zero-order valence-corrected chi connectivity index (χ0v) is 16.7. The van der Waals surface area contributed by atoms with Gasteiger partial charge in [-0.3, -0.25) is 9.36 Å². The molecule has 1 N–H and O–H groups in total. The summed E-state index contributed by atoms with van der Waals surface area (Å²) in [7, 11) is 0. The van der Waals surface area contributed by atoms with Crippen molar-refractivity contribution in [1.82, 2.24) is 24.4 Å². The first-order chi connectivity index (χ1) is 13.1. The topological polar surface area (TPSA) is 75.9 Å². The van der Waals surface area contributed by atoms with Gasteiger partial charge >= 0.3 is 0 Å². The van der Waals surface area contributed by atoms with Crippen LogP contribution in [-0.4, -0.2) is 50.6 Å². The van der Waals surface area contributed by atoms with Gasteiger partial charge in [0.25, 0.3) is 5.56 Å². The summed E-state index contributed by atoms with van der Waals surface area (Å²) in [4.78, 5) is 28.5. The number of rotatable bonds is 6. The van der Waals surface area contributed by atoms with Crippen LogP contribution in [0.4, 0.5) is 5.82 Å². The van der Waals surface area contributed by atoms with Crippen LogP contribution in [-0.2, 0) is 0 Å². The predicted octanol–water partition coefficient (Wildman–Crippen LogP) is 2.95. The number of halogens is 1. The molecule has 0 unspecified atom stereocenters. The maximum Gasteiger partial charge on any atom is 0.295 e. The number of hydrogen-bond acceptors (Lipinski definition) is 6. The van der Waals surface area contributed by atoms with Crippen LogP contribution in [0.15, 0.2) is 11.0 Å². The number of hydrogen-bond donors (Lipinski definition) is 1. The van der Waals surface area contributed by atoms with Gasteiger partial charge in [0.05, 0.1) is 6.20 Å². The summed E-state index contributed by atoms with van der Waals surface area (Å²) in [5.74, 6) is 1.49.